The maximum atomic E-state index is 13.8. The molecule has 192 valence electrons. The van der Waals surface area contributed by atoms with E-state index in [1.807, 2.05) is 5.32 Å². The SMILES string of the molecule is CCC(=O)c1ccc(C(=O)Nc2c(C)c(F)c(F)c(F)c2F)cc1.Cc1c(F)c(C)c(F)c(F)c1F. The first-order valence-corrected chi connectivity index (χ1v) is 10.3. The second-order valence-corrected chi connectivity index (χ2v) is 7.57. The van der Waals surface area contributed by atoms with Crippen LogP contribution in [0.1, 0.15) is 50.8 Å². The lowest BCUT2D eigenvalue weighted by Gasteiger charge is -2.12. The molecule has 0 fully saturated rings. The van der Waals surface area contributed by atoms with Crippen LogP contribution in [0, 0.1) is 67.3 Å². The molecule has 0 aliphatic carbocycles. The van der Waals surface area contributed by atoms with Crippen molar-refractivity contribution >= 4 is 17.4 Å². The Bertz CT molecular complexity index is 1200. The molecule has 3 rings (SSSR count). The highest BCUT2D eigenvalue weighted by atomic mass is 19.2. The molecule has 0 saturated carbocycles. The largest absolute Gasteiger partial charge is 0.319 e. The summed E-state index contributed by atoms with van der Waals surface area (Å²) >= 11 is 0. The van der Waals surface area contributed by atoms with Gasteiger partial charge in [-0.1, -0.05) is 19.1 Å². The average Bonchev–Trinajstić information content (AvgIpc) is 2.89. The molecule has 1 N–H and O–H groups in total. The van der Waals surface area contributed by atoms with Gasteiger partial charge in [0.05, 0.1) is 5.69 Å². The lowest BCUT2D eigenvalue weighted by atomic mass is 10.1. The highest BCUT2D eigenvalue weighted by Gasteiger charge is 2.24. The number of benzene rings is 3. The van der Waals surface area contributed by atoms with E-state index in [4.69, 9.17) is 0 Å². The molecular weight excluding hydrogens is 498 g/mol. The standard InChI is InChI=1S/C17H13F4NO2.C8H6F4/c1-3-11(23)9-4-6-10(7-5-9)17(24)22-16-8(2)12(18)13(19)14(20)15(16)21;1-3-5(9)4(2)7(11)8(12)6(3)10/h4-7H,3H2,1-2H3,(H,22,24);1-2H3. The number of nitrogens with one attached hydrogen (secondary N) is 1. The van der Waals surface area contributed by atoms with Crippen molar-refractivity contribution < 1.29 is 44.7 Å². The van der Waals surface area contributed by atoms with E-state index in [9.17, 15) is 44.7 Å². The molecule has 3 aromatic rings. The Morgan fingerprint density at radius 2 is 0.972 bits per heavy atom. The minimum atomic E-state index is -2.00. The van der Waals surface area contributed by atoms with Crippen molar-refractivity contribution in [3.05, 3.63) is 98.6 Å². The normalized spacial score (nSPS) is 10.6. The van der Waals surface area contributed by atoms with Gasteiger partial charge in [-0.3, -0.25) is 9.59 Å². The second-order valence-electron chi connectivity index (χ2n) is 7.57. The first-order chi connectivity index (χ1) is 16.7. The summed E-state index contributed by atoms with van der Waals surface area (Å²) in [4.78, 5) is 23.6. The van der Waals surface area contributed by atoms with Crippen molar-refractivity contribution in [3.63, 3.8) is 0 Å². The molecule has 0 heterocycles. The molecule has 36 heavy (non-hydrogen) atoms. The molecule has 3 aromatic carbocycles. The molecule has 0 radical (unpaired) electrons. The van der Waals surface area contributed by atoms with Crippen molar-refractivity contribution in [2.75, 3.05) is 5.32 Å². The zero-order valence-corrected chi connectivity index (χ0v) is 19.4. The molecule has 3 nitrogen and oxygen atoms in total. The number of rotatable bonds is 4. The molecular formula is C25H19F8NO2. The van der Waals surface area contributed by atoms with E-state index in [0.29, 0.717) is 12.0 Å². The summed E-state index contributed by atoms with van der Waals surface area (Å²) < 4.78 is 104. The number of carbonyl (C=O) groups is 2. The third-order valence-electron chi connectivity index (χ3n) is 5.23. The highest BCUT2D eigenvalue weighted by molar-refractivity contribution is 6.05. The second kappa shape index (κ2) is 11.3. The Morgan fingerprint density at radius 1 is 0.583 bits per heavy atom. The predicted octanol–water partition coefficient (Wildman–Crippen LogP) is 7.26. The van der Waals surface area contributed by atoms with Crippen LogP contribution in [-0.2, 0) is 0 Å². The first-order valence-electron chi connectivity index (χ1n) is 10.3. The van der Waals surface area contributed by atoms with Crippen molar-refractivity contribution in [3.8, 4) is 0 Å². The smallest absolute Gasteiger partial charge is 0.255 e. The Hall–Kier alpha value is -3.76. The van der Waals surface area contributed by atoms with Gasteiger partial charge in [-0.25, -0.2) is 35.1 Å². The number of anilines is 1. The fourth-order valence-corrected chi connectivity index (χ4v) is 2.99. The summed E-state index contributed by atoms with van der Waals surface area (Å²) in [5.74, 6) is -13.7. The Labute approximate surface area is 200 Å². The van der Waals surface area contributed by atoms with Crippen LogP contribution in [-0.4, -0.2) is 11.7 Å². The monoisotopic (exact) mass is 517 g/mol. The first kappa shape index (κ1) is 28.5. The fourth-order valence-electron chi connectivity index (χ4n) is 2.99. The number of amides is 1. The van der Waals surface area contributed by atoms with Crippen LogP contribution in [0.15, 0.2) is 24.3 Å². The molecule has 11 heteroatoms. The molecule has 1 amide bonds. The predicted molar refractivity (Wildman–Crippen MR) is 116 cm³/mol. The van der Waals surface area contributed by atoms with E-state index in [1.165, 1.54) is 24.3 Å². The van der Waals surface area contributed by atoms with Crippen LogP contribution < -0.4 is 5.32 Å². The van der Waals surface area contributed by atoms with Gasteiger partial charge in [0, 0.05) is 34.2 Å². The average molecular weight is 517 g/mol. The highest BCUT2D eigenvalue weighted by Crippen LogP contribution is 2.28. The summed E-state index contributed by atoms with van der Waals surface area (Å²) in [6, 6.07) is 5.47. The molecule has 0 aliphatic heterocycles. The minimum absolute atomic E-state index is 0.0478. The van der Waals surface area contributed by atoms with E-state index < -0.39 is 74.8 Å². The van der Waals surface area contributed by atoms with Gasteiger partial charge >= 0.3 is 0 Å². The Kier molecular flexibility index (Phi) is 8.95. The number of carbonyl (C=O) groups excluding carboxylic acids is 2. The van der Waals surface area contributed by atoms with Gasteiger partial charge in [0.15, 0.2) is 46.5 Å². The van der Waals surface area contributed by atoms with E-state index in [2.05, 4.69) is 0 Å². The van der Waals surface area contributed by atoms with Gasteiger partial charge in [0.25, 0.3) is 5.91 Å². The summed E-state index contributed by atoms with van der Waals surface area (Å²) in [6.07, 6.45) is 0.296. The van der Waals surface area contributed by atoms with Gasteiger partial charge in [-0.05, 0) is 32.9 Å². The number of hydrogen-bond acceptors (Lipinski definition) is 2. The third-order valence-corrected chi connectivity index (χ3v) is 5.23. The van der Waals surface area contributed by atoms with Crippen molar-refractivity contribution in [2.45, 2.75) is 34.1 Å². The van der Waals surface area contributed by atoms with E-state index >= 15 is 0 Å². The number of halogens is 8. The Morgan fingerprint density at radius 3 is 1.44 bits per heavy atom. The quantitative estimate of drug-likeness (QED) is 0.171. The van der Waals surface area contributed by atoms with Crippen molar-refractivity contribution in [1.82, 2.24) is 0 Å². The molecule has 0 aliphatic rings. The molecule has 0 bridgehead atoms. The van der Waals surface area contributed by atoms with Gasteiger partial charge in [-0.2, -0.15) is 0 Å². The number of Topliss-reactive ketones (excluding diaryl/α,β-unsaturated/α-hetero) is 1. The lowest BCUT2D eigenvalue weighted by molar-refractivity contribution is 0.0984. The van der Waals surface area contributed by atoms with E-state index in [1.54, 1.807) is 6.92 Å². The number of hydrogen-bond donors (Lipinski definition) is 1. The summed E-state index contributed by atoms with van der Waals surface area (Å²) in [5, 5.41) is 2.02. The molecule has 0 atom stereocenters. The van der Waals surface area contributed by atoms with Gasteiger partial charge in [0.2, 0.25) is 0 Å². The maximum Gasteiger partial charge on any atom is 0.255 e. The molecule has 0 spiro atoms. The van der Waals surface area contributed by atoms with Gasteiger partial charge in [-0.15, -0.1) is 0 Å². The van der Waals surface area contributed by atoms with E-state index in [0.717, 1.165) is 20.8 Å². The molecule has 0 saturated heterocycles. The van der Waals surface area contributed by atoms with Crippen LogP contribution in [0.2, 0.25) is 0 Å². The Balaban J connectivity index is 0.000000319. The zero-order valence-electron chi connectivity index (χ0n) is 19.4. The lowest BCUT2D eigenvalue weighted by Crippen LogP contribution is -2.16. The van der Waals surface area contributed by atoms with Crippen LogP contribution in [0.5, 0.6) is 0 Å². The van der Waals surface area contributed by atoms with Gasteiger partial charge < -0.3 is 5.32 Å². The zero-order chi connectivity index (χ0) is 27.5. The summed E-state index contributed by atoms with van der Waals surface area (Å²) in [6.45, 7) is 4.81. The van der Waals surface area contributed by atoms with Gasteiger partial charge in [0.1, 0.15) is 5.82 Å². The topological polar surface area (TPSA) is 46.2 Å². The summed E-state index contributed by atoms with van der Waals surface area (Å²) in [5.41, 5.74) is -1.87. The van der Waals surface area contributed by atoms with Crippen LogP contribution >= 0.6 is 0 Å². The minimum Gasteiger partial charge on any atom is -0.319 e. The van der Waals surface area contributed by atoms with Crippen molar-refractivity contribution in [2.24, 2.45) is 0 Å². The maximum absolute atomic E-state index is 13.8. The van der Waals surface area contributed by atoms with Crippen LogP contribution in [0.3, 0.4) is 0 Å². The third kappa shape index (κ3) is 5.55. The fraction of sp³-hybridized carbons (Fsp3) is 0.200. The van der Waals surface area contributed by atoms with Crippen LogP contribution in [0.4, 0.5) is 40.8 Å². The van der Waals surface area contributed by atoms with E-state index in [-0.39, 0.29) is 11.3 Å². The molecule has 0 unspecified atom stereocenters. The number of ketones is 1. The van der Waals surface area contributed by atoms with Crippen molar-refractivity contribution in [1.29, 1.82) is 0 Å². The molecule has 0 aromatic heterocycles. The summed E-state index contributed by atoms with van der Waals surface area (Å²) in [7, 11) is 0. The van der Waals surface area contributed by atoms with Crippen LogP contribution in [0.25, 0.3) is 0 Å².